The summed E-state index contributed by atoms with van der Waals surface area (Å²) in [5, 5.41) is 3.39. The number of ether oxygens (including phenoxy) is 1. The van der Waals surface area contributed by atoms with Crippen LogP contribution in [0.2, 0.25) is 0 Å². The molecular weight excluding hydrogens is 328 g/mol. The molecule has 7 heteroatoms. The number of anilines is 3. The van der Waals surface area contributed by atoms with E-state index < -0.39 is 0 Å². The van der Waals surface area contributed by atoms with Crippen LogP contribution in [0.3, 0.4) is 0 Å². The van der Waals surface area contributed by atoms with Crippen molar-refractivity contribution in [2.24, 2.45) is 0 Å². The fourth-order valence-corrected chi connectivity index (χ4v) is 3.56. The molecule has 0 saturated carbocycles. The van der Waals surface area contributed by atoms with Gasteiger partial charge in [0.05, 0.1) is 13.2 Å². The second-order valence-electron chi connectivity index (χ2n) is 6.79. The van der Waals surface area contributed by atoms with E-state index in [1.54, 1.807) is 0 Å². The first-order chi connectivity index (χ1) is 12.8. The number of benzene rings is 1. The van der Waals surface area contributed by atoms with Crippen molar-refractivity contribution in [1.82, 2.24) is 14.9 Å². The lowest BCUT2D eigenvalue weighted by atomic mass is 10.00. The van der Waals surface area contributed by atoms with Gasteiger partial charge in [0.25, 0.3) is 0 Å². The molecule has 0 radical (unpaired) electrons. The van der Waals surface area contributed by atoms with Crippen LogP contribution in [0.4, 0.5) is 17.6 Å². The van der Waals surface area contributed by atoms with Gasteiger partial charge in [0, 0.05) is 45.3 Å². The number of hydrogen-bond donors (Lipinski definition) is 2. The molecule has 1 aromatic carbocycles. The van der Waals surface area contributed by atoms with Crippen molar-refractivity contribution in [3.8, 4) is 0 Å². The summed E-state index contributed by atoms with van der Waals surface area (Å²) in [5.41, 5.74) is 8.74. The zero-order chi connectivity index (χ0) is 17.8. The van der Waals surface area contributed by atoms with Crippen LogP contribution in [0.1, 0.15) is 11.1 Å². The summed E-state index contributed by atoms with van der Waals surface area (Å²) in [5.74, 6) is 2.00. The van der Waals surface area contributed by atoms with E-state index in [4.69, 9.17) is 10.5 Å². The van der Waals surface area contributed by atoms with E-state index in [1.165, 1.54) is 11.1 Å². The molecule has 2 aromatic rings. The summed E-state index contributed by atoms with van der Waals surface area (Å²) in [6.07, 6.45) is 1.03. The first-order valence-corrected chi connectivity index (χ1v) is 9.28. The summed E-state index contributed by atoms with van der Waals surface area (Å²) < 4.78 is 5.38. The summed E-state index contributed by atoms with van der Waals surface area (Å²) in [4.78, 5) is 13.5. The summed E-state index contributed by atoms with van der Waals surface area (Å²) in [6.45, 7) is 7.24. The molecule has 1 saturated heterocycles. The van der Waals surface area contributed by atoms with Crippen molar-refractivity contribution in [3.05, 3.63) is 41.5 Å². The molecule has 7 nitrogen and oxygen atoms in total. The second kappa shape index (κ2) is 7.88. The van der Waals surface area contributed by atoms with E-state index in [-0.39, 0.29) is 0 Å². The van der Waals surface area contributed by atoms with Gasteiger partial charge in [-0.3, -0.25) is 4.90 Å². The van der Waals surface area contributed by atoms with Gasteiger partial charge in [-0.2, -0.15) is 9.97 Å². The third-order valence-corrected chi connectivity index (χ3v) is 5.02. The molecule has 2 aliphatic heterocycles. The van der Waals surface area contributed by atoms with Crippen molar-refractivity contribution in [2.75, 3.05) is 61.9 Å². The SMILES string of the molecule is Nc1nc(NCCN2CCOCC2)cc(N2CCc3ccccc3C2)n1. The van der Waals surface area contributed by atoms with Crippen LogP contribution in [0, 0.1) is 0 Å². The van der Waals surface area contributed by atoms with Crippen LogP contribution in [-0.2, 0) is 17.7 Å². The van der Waals surface area contributed by atoms with E-state index in [0.29, 0.717) is 5.95 Å². The molecule has 0 aliphatic carbocycles. The molecule has 3 heterocycles. The smallest absolute Gasteiger partial charge is 0.223 e. The number of nitrogens with one attached hydrogen (secondary N) is 1. The predicted octanol–water partition coefficient (Wildman–Crippen LogP) is 1.37. The standard InChI is InChI=1S/C19H26N6O/c20-19-22-17(21-6-8-24-9-11-26-12-10-24)13-18(23-19)25-7-5-15-3-1-2-4-16(15)14-25/h1-4,13H,5-12,14H2,(H3,20,21,22,23). The van der Waals surface area contributed by atoms with E-state index in [9.17, 15) is 0 Å². The number of nitrogens with zero attached hydrogens (tertiary/aromatic N) is 4. The molecule has 4 rings (SSSR count). The molecule has 0 spiro atoms. The van der Waals surface area contributed by atoms with Gasteiger partial charge >= 0.3 is 0 Å². The van der Waals surface area contributed by atoms with Crippen molar-refractivity contribution < 1.29 is 4.74 Å². The maximum Gasteiger partial charge on any atom is 0.223 e. The largest absolute Gasteiger partial charge is 0.379 e. The Morgan fingerprint density at radius 2 is 1.88 bits per heavy atom. The number of rotatable bonds is 5. The maximum absolute atomic E-state index is 5.96. The Morgan fingerprint density at radius 1 is 1.08 bits per heavy atom. The van der Waals surface area contributed by atoms with E-state index in [1.807, 2.05) is 6.07 Å². The predicted molar refractivity (Wildman–Crippen MR) is 103 cm³/mol. The first kappa shape index (κ1) is 17.1. The van der Waals surface area contributed by atoms with Crippen LogP contribution < -0.4 is 16.0 Å². The van der Waals surface area contributed by atoms with Crippen LogP contribution in [0.25, 0.3) is 0 Å². The highest BCUT2D eigenvalue weighted by Gasteiger charge is 2.18. The quantitative estimate of drug-likeness (QED) is 0.839. The van der Waals surface area contributed by atoms with Gasteiger partial charge in [0.1, 0.15) is 11.6 Å². The highest BCUT2D eigenvalue weighted by Crippen LogP contribution is 2.24. The Hall–Kier alpha value is -2.38. The number of nitrogens with two attached hydrogens (primary N) is 1. The van der Waals surface area contributed by atoms with Crippen molar-refractivity contribution in [2.45, 2.75) is 13.0 Å². The fraction of sp³-hybridized carbons (Fsp3) is 0.474. The highest BCUT2D eigenvalue weighted by molar-refractivity contribution is 5.54. The maximum atomic E-state index is 5.96. The Labute approximate surface area is 154 Å². The molecule has 0 unspecified atom stereocenters. The topological polar surface area (TPSA) is 79.5 Å². The van der Waals surface area contributed by atoms with Gasteiger partial charge in [0.15, 0.2) is 0 Å². The summed E-state index contributed by atoms with van der Waals surface area (Å²) >= 11 is 0. The van der Waals surface area contributed by atoms with Crippen LogP contribution in [0.15, 0.2) is 30.3 Å². The average molecular weight is 354 g/mol. The highest BCUT2D eigenvalue weighted by atomic mass is 16.5. The molecule has 0 atom stereocenters. The third kappa shape index (κ3) is 4.05. The first-order valence-electron chi connectivity index (χ1n) is 9.28. The number of aromatic nitrogens is 2. The molecule has 26 heavy (non-hydrogen) atoms. The minimum atomic E-state index is 0.315. The van der Waals surface area contributed by atoms with Gasteiger partial charge in [-0.15, -0.1) is 0 Å². The Bertz CT molecular complexity index is 747. The second-order valence-corrected chi connectivity index (χ2v) is 6.79. The molecule has 0 bridgehead atoms. The van der Waals surface area contributed by atoms with Gasteiger partial charge in [-0.05, 0) is 17.5 Å². The van der Waals surface area contributed by atoms with Gasteiger partial charge in [-0.25, -0.2) is 0 Å². The van der Waals surface area contributed by atoms with Crippen LogP contribution in [-0.4, -0.2) is 60.8 Å². The monoisotopic (exact) mass is 354 g/mol. The van der Waals surface area contributed by atoms with Crippen LogP contribution in [0.5, 0.6) is 0 Å². The number of hydrogen-bond acceptors (Lipinski definition) is 7. The summed E-state index contributed by atoms with van der Waals surface area (Å²) in [6, 6.07) is 10.6. The lowest BCUT2D eigenvalue weighted by Gasteiger charge is -2.30. The molecular formula is C19H26N6O. The normalized spacial score (nSPS) is 17.8. The molecule has 3 N–H and O–H groups in total. The Kier molecular flexibility index (Phi) is 5.17. The fourth-order valence-electron chi connectivity index (χ4n) is 3.56. The van der Waals surface area contributed by atoms with Crippen molar-refractivity contribution >= 4 is 17.6 Å². The minimum Gasteiger partial charge on any atom is -0.379 e. The average Bonchev–Trinajstić information content (AvgIpc) is 2.68. The van der Waals surface area contributed by atoms with E-state index in [2.05, 4.69) is 49.4 Å². The number of nitrogen functional groups attached to an aromatic ring is 1. The lowest BCUT2D eigenvalue weighted by Crippen LogP contribution is -2.39. The molecule has 2 aliphatic rings. The zero-order valence-corrected chi connectivity index (χ0v) is 15.0. The minimum absolute atomic E-state index is 0.315. The van der Waals surface area contributed by atoms with Gasteiger partial charge < -0.3 is 20.7 Å². The zero-order valence-electron chi connectivity index (χ0n) is 15.0. The van der Waals surface area contributed by atoms with Gasteiger partial charge in [-0.1, -0.05) is 24.3 Å². The summed E-state index contributed by atoms with van der Waals surface area (Å²) in [7, 11) is 0. The van der Waals surface area contributed by atoms with Gasteiger partial charge in [0.2, 0.25) is 5.95 Å². The molecule has 1 aromatic heterocycles. The molecule has 138 valence electrons. The van der Waals surface area contributed by atoms with Crippen LogP contribution >= 0.6 is 0 Å². The van der Waals surface area contributed by atoms with E-state index in [0.717, 1.165) is 70.5 Å². The Morgan fingerprint density at radius 3 is 2.73 bits per heavy atom. The number of fused-ring (bicyclic) bond motifs is 1. The molecule has 1 fully saturated rings. The van der Waals surface area contributed by atoms with Crippen molar-refractivity contribution in [1.29, 1.82) is 0 Å². The van der Waals surface area contributed by atoms with E-state index >= 15 is 0 Å². The Balaban J connectivity index is 1.40. The number of morpholine rings is 1. The van der Waals surface area contributed by atoms with Crippen molar-refractivity contribution in [3.63, 3.8) is 0 Å². The lowest BCUT2D eigenvalue weighted by molar-refractivity contribution is 0.0398. The molecule has 0 amide bonds. The third-order valence-electron chi connectivity index (χ3n) is 5.02.